The van der Waals surface area contributed by atoms with E-state index < -0.39 is 5.97 Å². The van der Waals surface area contributed by atoms with Crippen LogP contribution in [0.3, 0.4) is 0 Å². The van der Waals surface area contributed by atoms with Crippen molar-refractivity contribution in [3.05, 3.63) is 46.6 Å². The Morgan fingerprint density at radius 2 is 2.23 bits per heavy atom. The van der Waals surface area contributed by atoms with E-state index >= 15 is 0 Å². The Bertz CT molecular complexity index is 1100. The molecule has 1 aromatic heterocycles. The number of aliphatic imine (C=N–C) groups is 2. The summed E-state index contributed by atoms with van der Waals surface area (Å²) >= 11 is 7.84. The number of dihydropyridines is 1. The van der Waals surface area contributed by atoms with Gasteiger partial charge < -0.3 is 9.67 Å². The molecule has 0 spiro atoms. The number of aliphatic carboxylic acids is 1. The number of carbonyl (C=O) groups is 1. The van der Waals surface area contributed by atoms with Crippen molar-refractivity contribution in [1.82, 2.24) is 4.57 Å². The van der Waals surface area contributed by atoms with Crippen LogP contribution in [0.2, 0.25) is 5.02 Å². The molecule has 0 saturated heterocycles. The van der Waals surface area contributed by atoms with Gasteiger partial charge in [0, 0.05) is 46.4 Å². The molecule has 2 aromatic rings. The monoisotopic (exact) mass is 443 g/mol. The molecule has 0 fully saturated rings. The van der Waals surface area contributed by atoms with Gasteiger partial charge in [0.15, 0.2) is 0 Å². The minimum Gasteiger partial charge on any atom is -0.478 e. The molecule has 3 rings (SSSR count). The molecule has 2 heterocycles. The SMILES string of the molecule is CCC(C)C=C(C=NC)n1c(C)c(SC2=NCCC(C(=O)O)=C2)c2ccc(Cl)cc21. The molecule has 30 heavy (non-hydrogen) atoms. The molecule has 1 aromatic carbocycles. The average molecular weight is 444 g/mol. The Hall–Kier alpha value is -2.31. The third-order valence-corrected chi connectivity index (χ3v) is 6.57. The number of allylic oxidation sites excluding steroid dienone is 2. The second-order valence-electron chi connectivity index (χ2n) is 7.32. The Labute approximate surface area is 186 Å². The van der Waals surface area contributed by atoms with Crippen LogP contribution in [0.5, 0.6) is 0 Å². The van der Waals surface area contributed by atoms with E-state index in [1.165, 1.54) is 11.8 Å². The van der Waals surface area contributed by atoms with Gasteiger partial charge in [-0.3, -0.25) is 9.98 Å². The van der Waals surface area contributed by atoms with E-state index in [1.807, 2.05) is 24.4 Å². The summed E-state index contributed by atoms with van der Waals surface area (Å²) in [6.45, 7) is 6.90. The first-order valence-corrected chi connectivity index (χ1v) is 11.2. The molecule has 158 valence electrons. The number of hydrogen-bond acceptors (Lipinski definition) is 4. The van der Waals surface area contributed by atoms with Gasteiger partial charge in [-0.15, -0.1) is 0 Å². The van der Waals surface area contributed by atoms with Crippen molar-refractivity contribution < 1.29 is 9.90 Å². The molecular weight excluding hydrogens is 418 g/mol. The predicted molar refractivity (Wildman–Crippen MR) is 128 cm³/mol. The number of nitrogens with zero attached hydrogens (tertiary/aromatic N) is 3. The smallest absolute Gasteiger partial charge is 0.331 e. The van der Waals surface area contributed by atoms with E-state index in [2.05, 4.69) is 41.4 Å². The summed E-state index contributed by atoms with van der Waals surface area (Å²) in [5, 5.41) is 11.8. The van der Waals surface area contributed by atoms with E-state index in [4.69, 9.17) is 11.6 Å². The Morgan fingerprint density at radius 1 is 1.47 bits per heavy atom. The molecule has 0 saturated carbocycles. The Morgan fingerprint density at radius 3 is 2.90 bits per heavy atom. The molecule has 1 aliphatic heterocycles. The van der Waals surface area contributed by atoms with Gasteiger partial charge in [0.1, 0.15) is 0 Å². The van der Waals surface area contributed by atoms with Crippen molar-refractivity contribution in [2.45, 2.75) is 38.5 Å². The lowest BCUT2D eigenvalue weighted by Gasteiger charge is -2.13. The van der Waals surface area contributed by atoms with Crippen molar-refractivity contribution in [2.24, 2.45) is 15.9 Å². The van der Waals surface area contributed by atoms with Crippen molar-refractivity contribution >= 4 is 57.2 Å². The number of benzene rings is 1. The number of halogens is 1. The number of thioether (sulfide) groups is 1. The van der Waals surface area contributed by atoms with E-state index in [0.717, 1.165) is 33.6 Å². The molecule has 1 unspecified atom stereocenters. The highest BCUT2D eigenvalue weighted by Gasteiger charge is 2.20. The van der Waals surface area contributed by atoms with Gasteiger partial charge in [0.25, 0.3) is 0 Å². The zero-order valence-corrected chi connectivity index (χ0v) is 19.2. The number of rotatable bonds is 6. The molecule has 1 aliphatic rings. The highest BCUT2D eigenvalue weighted by molar-refractivity contribution is 8.14. The highest BCUT2D eigenvalue weighted by atomic mass is 35.5. The molecule has 0 aliphatic carbocycles. The number of carboxylic acid groups (broad SMARTS) is 1. The molecule has 1 atom stereocenters. The quantitative estimate of drug-likeness (QED) is 0.548. The number of aromatic nitrogens is 1. The van der Waals surface area contributed by atoms with E-state index in [-0.39, 0.29) is 0 Å². The summed E-state index contributed by atoms with van der Waals surface area (Å²) in [5.41, 5.74) is 3.43. The molecular formula is C23H26ClN3O2S. The van der Waals surface area contributed by atoms with Gasteiger partial charge in [-0.05, 0) is 37.5 Å². The minimum absolute atomic E-state index is 0.396. The molecule has 5 nitrogen and oxygen atoms in total. The van der Waals surface area contributed by atoms with Gasteiger partial charge in [0.05, 0.1) is 16.3 Å². The van der Waals surface area contributed by atoms with Crippen LogP contribution in [-0.2, 0) is 4.79 Å². The first-order chi connectivity index (χ1) is 14.3. The number of fused-ring (bicyclic) bond motifs is 1. The zero-order chi connectivity index (χ0) is 21.8. The minimum atomic E-state index is -0.883. The number of hydrogen-bond donors (Lipinski definition) is 1. The number of carboxylic acids is 1. The van der Waals surface area contributed by atoms with Crippen LogP contribution < -0.4 is 0 Å². The summed E-state index contributed by atoms with van der Waals surface area (Å²) in [5.74, 6) is -0.485. The molecule has 1 N–H and O–H groups in total. The largest absolute Gasteiger partial charge is 0.478 e. The molecule has 0 amide bonds. The van der Waals surface area contributed by atoms with Crippen LogP contribution in [0.1, 0.15) is 32.4 Å². The van der Waals surface area contributed by atoms with Crippen molar-refractivity contribution in [3.8, 4) is 0 Å². The maximum Gasteiger partial charge on any atom is 0.331 e. The van der Waals surface area contributed by atoms with Crippen LogP contribution >= 0.6 is 23.4 Å². The predicted octanol–water partition coefficient (Wildman–Crippen LogP) is 6.10. The first kappa shape index (κ1) is 22.4. The van der Waals surface area contributed by atoms with E-state index in [1.54, 1.807) is 13.1 Å². The third-order valence-electron chi connectivity index (χ3n) is 5.16. The summed E-state index contributed by atoms with van der Waals surface area (Å²) in [6, 6.07) is 5.85. The molecule has 0 bridgehead atoms. The maximum absolute atomic E-state index is 11.4. The summed E-state index contributed by atoms with van der Waals surface area (Å²) in [6.07, 6.45) is 7.26. The van der Waals surface area contributed by atoms with Crippen LogP contribution in [-0.4, -0.2) is 40.5 Å². The standard InChI is InChI=1S/C23H26ClN3O2S/c1-5-14(2)10-18(13-25-4)27-15(3)22(19-7-6-17(24)12-20(19)27)30-21-11-16(23(28)29)8-9-26-21/h6-7,10-14H,5,8-9H2,1-4H3,(H,28,29). The fraction of sp³-hybridized carbons (Fsp3) is 0.348. The normalized spacial score (nSPS) is 16.1. The lowest BCUT2D eigenvalue weighted by molar-refractivity contribution is -0.132. The summed E-state index contributed by atoms with van der Waals surface area (Å²) in [4.78, 5) is 21.2. The Balaban J connectivity index is 2.18. The van der Waals surface area contributed by atoms with E-state index in [9.17, 15) is 9.90 Å². The fourth-order valence-electron chi connectivity index (χ4n) is 3.43. The van der Waals surface area contributed by atoms with Crippen molar-refractivity contribution in [1.29, 1.82) is 0 Å². The van der Waals surface area contributed by atoms with Crippen LogP contribution in [0.15, 0.2) is 50.8 Å². The summed E-state index contributed by atoms with van der Waals surface area (Å²) in [7, 11) is 1.77. The van der Waals surface area contributed by atoms with Crippen LogP contribution in [0.25, 0.3) is 16.6 Å². The van der Waals surface area contributed by atoms with Gasteiger partial charge in [-0.1, -0.05) is 55.8 Å². The van der Waals surface area contributed by atoms with Crippen molar-refractivity contribution in [3.63, 3.8) is 0 Å². The maximum atomic E-state index is 11.4. The van der Waals surface area contributed by atoms with Gasteiger partial charge in [-0.2, -0.15) is 0 Å². The van der Waals surface area contributed by atoms with Gasteiger partial charge in [0.2, 0.25) is 0 Å². The second kappa shape index (κ2) is 9.67. The van der Waals surface area contributed by atoms with Gasteiger partial charge >= 0.3 is 5.97 Å². The lowest BCUT2D eigenvalue weighted by Crippen LogP contribution is -2.09. The Kier molecular flexibility index (Phi) is 7.21. The average Bonchev–Trinajstić information content (AvgIpc) is 2.98. The first-order valence-electron chi connectivity index (χ1n) is 9.96. The van der Waals surface area contributed by atoms with E-state index in [0.29, 0.717) is 34.5 Å². The topological polar surface area (TPSA) is 67.0 Å². The highest BCUT2D eigenvalue weighted by Crippen LogP contribution is 2.38. The zero-order valence-electron chi connectivity index (χ0n) is 17.6. The van der Waals surface area contributed by atoms with Crippen LogP contribution in [0, 0.1) is 12.8 Å². The second-order valence-corrected chi connectivity index (χ2v) is 8.79. The fourth-order valence-corrected chi connectivity index (χ4v) is 4.68. The summed E-state index contributed by atoms with van der Waals surface area (Å²) < 4.78 is 2.17. The molecule has 0 radical (unpaired) electrons. The third kappa shape index (κ3) is 4.71. The van der Waals surface area contributed by atoms with Crippen molar-refractivity contribution in [2.75, 3.05) is 13.6 Å². The van der Waals surface area contributed by atoms with Crippen LogP contribution in [0.4, 0.5) is 0 Å². The van der Waals surface area contributed by atoms with Gasteiger partial charge in [-0.25, -0.2) is 4.79 Å². The lowest BCUT2D eigenvalue weighted by atomic mass is 10.1. The molecule has 7 heteroatoms.